The Hall–Kier alpha value is -0.150. The van der Waals surface area contributed by atoms with E-state index in [1.54, 1.807) is 0 Å². The van der Waals surface area contributed by atoms with E-state index in [1.807, 2.05) is 0 Å². The molecule has 2 rings (SSSR count). The fourth-order valence-corrected chi connectivity index (χ4v) is 3.01. The zero-order valence-electron chi connectivity index (χ0n) is 7.56. The molecule has 94 valence electrons. The molecule has 0 aromatic heterocycles. The molecular formula is C7H6F6O2S. The molecule has 2 nitrogen and oxygen atoms in total. The Morgan fingerprint density at radius 3 is 1.88 bits per heavy atom. The summed E-state index contributed by atoms with van der Waals surface area (Å²) in [5.74, 6) is 0. The Morgan fingerprint density at radius 2 is 1.44 bits per heavy atom. The minimum Gasteiger partial charge on any atom is -0.370 e. The Labute approximate surface area is 90.3 Å². The summed E-state index contributed by atoms with van der Waals surface area (Å²) < 4.78 is 80.8. The van der Waals surface area contributed by atoms with Crippen LogP contribution >= 0.6 is 11.8 Å². The van der Waals surface area contributed by atoms with E-state index in [2.05, 4.69) is 4.74 Å². The molecule has 0 aliphatic carbocycles. The molecule has 2 aliphatic heterocycles. The lowest BCUT2D eigenvalue weighted by atomic mass is 9.97. The molecule has 9 heteroatoms. The molecule has 0 amide bonds. The second-order valence-electron chi connectivity index (χ2n) is 3.38. The number of hydrogen-bond acceptors (Lipinski definition) is 3. The summed E-state index contributed by atoms with van der Waals surface area (Å²) in [7, 11) is 0. The number of rotatable bonds is 0. The molecule has 2 aliphatic rings. The van der Waals surface area contributed by atoms with Gasteiger partial charge >= 0.3 is 12.4 Å². The minimum atomic E-state index is -5.40. The third kappa shape index (κ3) is 1.44. The van der Waals surface area contributed by atoms with Crippen LogP contribution in [-0.2, 0) is 9.47 Å². The van der Waals surface area contributed by atoms with Crippen LogP contribution in [0.15, 0.2) is 0 Å². The Morgan fingerprint density at radius 1 is 0.938 bits per heavy atom. The smallest absolute Gasteiger partial charge is 0.370 e. The van der Waals surface area contributed by atoms with E-state index in [4.69, 9.17) is 4.74 Å². The highest BCUT2D eigenvalue weighted by atomic mass is 32.2. The maximum absolute atomic E-state index is 12.5. The number of halogens is 6. The first-order valence-corrected chi connectivity index (χ1v) is 5.12. The van der Waals surface area contributed by atoms with E-state index in [0.29, 0.717) is 0 Å². The van der Waals surface area contributed by atoms with Crippen molar-refractivity contribution in [2.45, 2.75) is 28.6 Å². The Balaban J connectivity index is 2.32. The van der Waals surface area contributed by atoms with Crippen molar-refractivity contribution in [3.63, 3.8) is 0 Å². The van der Waals surface area contributed by atoms with Gasteiger partial charge in [0, 0.05) is 0 Å². The molecule has 0 aromatic rings. The molecule has 2 fully saturated rings. The highest BCUT2D eigenvalue weighted by Crippen LogP contribution is 2.65. The third-order valence-electron chi connectivity index (χ3n) is 2.46. The third-order valence-corrected chi connectivity index (χ3v) is 4.14. The van der Waals surface area contributed by atoms with E-state index in [0.717, 1.165) is 0 Å². The molecule has 2 atom stereocenters. The predicted octanol–water partition coefficient (Wildman–Crippen LogP) is 2.34. The summed E-state index contributed by atoms with van der Waals surface area (Å²) in [6.07, 6.45) is -12.8. The van der Waals surface area contributed by atoms with Crippen LogP contribution < -0.4 is 0 Å². The zero-order chi connectivity index (χ0) is 12.2. The highest BCUT2D eigenvalue weighted by molar-refractivity contribution is 8.02. The summed E-state index contributed by atoms with van der Waals surface area (Å²) in [4.78, 5) is 0. The summed E-state index contributed by atoms with van der Waals surface area (Å²) in [5.41, 5.74) is -1.18. The number of ether oxygens (including phenoxy) is 2. The quantitative estimate of drug-likeness (QED) is 0.628. The van der Waals surface area contributed by atoms with Crippen LogP contribution in [0.25, 0.3) is 0 Å². The minimum absolute atomic E-state index is 0.0139. The van der Waals surface area contributed by atoms with Gasteiger partial charge in [-0.2, -0.15) is 26.3 Å². The van der Waals surface area contributed by atoms with Crippen molar-refractivity contribution in [3.05, 3.63) is 0 Å². The summed E-state index contributed by atoms with van der Waals surface area (Å²) in [6, 6.07) is 0. The molecule has 2 heterocycles. The lowest BCUT2D eigenvalue weighted by Crippen LogP contribution is -2.74. The topological polar surface area (TPSA) is 18.5 Å². The molecule has 16 heavy (non-hydrogen) atoms. The maximum atomic E-state index is 12.5. The Bertz CT molecular complexity index is 274. The van der Waals surface area contributed by atoms with E-state index in [-0.39, 0.29) is 25.0 Å². The van der Waals surface area contributed by atoms with Crippen LogP contribution in [0.5, 0.6) is 0 Å². The van der Waals surface area contributed by atoms with Crippen LogP contribution in [0.2, 0.25) is 0 Å². The normalized spacial score (nSPS) is 34.1. The van der Waals surface area contributed by atoms with Crippen LogP contribution in [0, 0.1) is 0 Å². The SMILES string of the molecule is FC(F)(F)C1(C(F)(F)F)SC2OCCOC21. The van der Waals surface area contributed by atoms with Crippen molar-refractivity contribution in [3.8, 4) is 0 Å². The molecule has 0 radical (unpaired) electrons. The van der Waals surface area contributed by atoms with Gasteiger partial charge in [0.2, 0.25) is 4.75 Å². The van der Waals surface area contributed by atoms with Crippen molar-refractivity contribution in [1.29, 1.82) is 0 Å². The number of hydrogen-bond donors (Lipinski definition) is 0. The molecule has 0 bridgehead atoms. The fourth-order valence-electron chi connectivity index (χ4n) is 1.71. The molecule has 0 N–H and O–H groups in total. The van der Waals surface area contributed by atoms with Crippen LogP contribution in [0.3, 0.4) is 0 Å². The van der Waals surface area contributed by atoms with Gasteiger partial charge in [0.15, 0.2) is 0 Å². The lowest BCUT2D eigenvalue weighted by Gasteiger charge is -2.55. The standard InChI is InChI=1S/C7H6F6O2S/c8-6(9,10)5(7(11,12)13)3-4(16-5)15-2-1-14-3/h3-4H,1-2H2. The van der Waals surface area contributed by atoms with Crippen molar-refractivity contribution >= 4 is 11.8 Å². The molecule has 0 saturated carbocycles. The van der Waals surface area contributed by atoms with Gasteiger partial charge in [-0.1, -0.05) is 11.8 Å². The second kappa shape index (κ2) is 3.42. The van der Waals surface area contributed by atoms with E-state index in [9.17, 15) is 26.3 Å². The molecule has 0 spiro atoms. The molecule has 2 saturated heterocycles. The average molecular weight is 268 g/mol. The van der Waals surface area contributed by atoms with Gasteiger partial charge in [0.05, 0.1) is 13.2 Å². The molecular weight excluding hydrogens is 262 g/mol. The van der Waals surface area contributed by atoms with E-state index >= 15 is 0 Å². The molecule has 2 unspecified atom stereocenters. The average Bonchev–Trinajstić information content (AvgIpc) is 2.02. The van der Waals surface area contributed by atoms with Gasteiger partial charge in [-0.15, -0.1) is 0 Å². The van der Waals surface area contributed by atoms with Gasteiger partial charge in [0.1, 0.15) is 11.5 Å². The van der Waals surface area contributed by atoms with Crippen LogP contribution in [-0.4, -0.2) is 41.9 Å². The Kier molecular flexibility index (Phi) is 2.63. The number of alkyl halides is 6. The predicted molar refractivity (Wildman–Crippen MR) is 41.9 cm³/mol. The summed E-state index contributed by atoms with van der Waals surface area (Å²) in [6.45, 7) is -0.240. The van der Waals surface area contributed by atoms with Crippen molar-refractivity contribution in [2.75, 3.05) is 13.2 Å². The molecule has 0 aromatic carbocycles. The van der Waals surface area contributed by atoms with Crippen molar-refractivity contribution in [1.82, 2.24) is 0 Å². The summed E-state index contributed by atoms with van der Waals surface area (Å²) >= 11 is -0.278. The fraction of sp³-hybridized carbons (Fsp3) is 1.00. The summed E-state index contributed by atoms with van der Waals surface area (Å²) in [5, 5.41) is 0. The van der Waals surface area contributed by atoms with Gasteiger partial charge in [0.25, 0.3) is 0 Å². The van der Waals surface area contributed by atoms with Crippen molar-refractivity contribution in [2.24, 2.45) is 0 Å². The van der Waals surface area contributed by atoms with Crippen LogP contribution in [0.4, 0.5) is 26.3 Å². The van der Waals surface area contributed by atoms with Crippen molar-refractivity contribution < 1.29 is 35.8 Å². The largest absolute Gasteiger partial charge is 0.414 e. The van der Waals surface area contributed by atoms with E-state index < -0.39 is 28.6 Å². The van der Waals surface area contributed by atoms with Crippen LogP contribution in [0.1, 0.15) is 0 Å². The number of fused-ring (bicyclic) bond motifs is 1. The van der Waals surface area contributed by atoms with Gasteiger partial charge in [-0.3, -0.25) is 0 Å². The first-order chi connectivity index (χ1) is 7.20. The second-order valence-corrected chi connectivity index (χ2v) is 4.72. The van der Waals surface area contributed by atoms with Gasteiger partial charge in [-0.05, 0) is 0 Å². The van der Waals surface area contributed by atoms with Gasteiger partial charge in [-0.25, -0.2) is 0 Å². The maximum Gasteiger partial charge on any atom is 0.414 e. The lowest BCUT2D eigenvalue weighted by molar-refractivity contribution is -0.316. The van der Waals surface area contributed by atoms with E-state index in [1.165, 1.54) is 0 Å². The van der Waals surface area contributed by atoms with Gasteiger partial charge < -0.3 is 9.47 Å². The zero-order valence-corrected chi connectivity index (χ0v) is 8.38. The highest BCUT2D eigenvalue weighted by Gasteiger charge is 2.83. The first kappa shape index (κ1) is 12.3. The number of thioether (sulfide) groups is 1. The first-order valence-electron chi connectivity index (χ1n) is 4.24. The monoisotopic (exact) mass is 268 g/mol.